The summed E-state index contributed by atoms with van der Waals surface area (Å²) in [5.74, 6) is 4.77. The minimum absolute atomic E-state index is 0.217. The summed E-state index contributed by atoms with van der Waals surface area (Å²) in [4.78, 5) is 30.0. The number of hydrazine groups is 1. The topological polar surface area (TPSA) is 102 Å². The smallest absolute Gasteiger partial charge is 0.272 e. The fraction of sp³-hybridized carbons (Fsp3) is 0. The first-order chi connectivity index (χ1) is 14.9. The van der Waals surface area contributed by atoms with Gasteiger partial charge in [-0.3, -0.25) is 19.6 Å². The van der Waals surface area contributed by atoms with Crippen LogP contribution in [0.4, 0.5) is 5.69 Å². The van der Waals surface area contributed by atoms with Crippen molar-refractivity contribution in [2.24, 2.45) is 5.84 Å². The molecule has 2 aromatic carbocycles. The van der Waals surface area contributed by atoms with Gasteiger partial charge in [0.2, 0.25) is 0 Å². The van der Waals surface area contributed by atoms with Gasteiger partial charge >= 0.3 is 0 Å². The van der Waals surface area contributed by atoms with Crippen molar-refractivity contribution in [3.63, 3.8) is 0 Å². The predicted molar refractivity (Wildman–Crippen MR) is 128 cm³/mol. The molecule has 156 valence electrons. The summed E-state index contributed by atoms with van der Waals surface area (Å²) in [5.41, 5.74) is 2.91. The van der Waals surface area contributed by atoms with Crippen LogP contribution in [0.1, 0.15) is 20.8 Å². The average Bonchev–Trinajstić information content (AvgIpc) is 3.16. The van der Waals surface area contributed by atoms with E-state index in [1.54, 1.807) is 41.2 Å². The Bertz CT molecular complexity index is 1340. The van der Waals surface area contributed by atoms with Crippen LogP contribution in [-0.2, 0) is 0 Å². The molecule has 2 heterocycles. The van der Waals surface area contributed by atoms with Gasteiger partial charge in [-0.2, -0.15) is 0 Å². The first kappa shape index (κ1) is 21.5. The van der Waals surface area contributed by atoms with Crippen LogP contribution in [0.15, 0.2) is 69.9 Å². The SMILES string of the molecule is NNC(=O)c1cc2ccccc2c(Br)c1NC(=O)c1cc(Br)cn1-c1ncccc1Cl. The second-order valence-electron chi connectivity index (χ2n) is 6.48. The molecule has 0 saturated heterocycles. The summed E-state index contributed by atoms with van der Waals surface area (Å²) in [6.07, 6.45) is 3.27. The highest BCUT2D eigenvalue weighted by atomic mass is 79.9. The van der Waals surface area contributed by atoms with Crippen LogP contribution in [0.5, 0.6) is 0 Å². The van der Waals surface area contributed by atoms with Crippen molar-refractivity contribution in [1.82, 2.24) is 15.0 Å². The normalized spacial score (nSPS) is 10.8. The van der Waals surface area contributed by atoms with Crippen LogP contribution in [-0.4, -0.2) is 21.4 Å². The zero-order valence-corrected chi connectivity index (χ0v) is 19.6. The van der Waals surface area contributed by atoms with E-state index in [1.807, 2.05) is 24.3 Å². The van der Waals surface area contributed by atoms with E-state index < -0.39 is 11.8 Å². The Balaban J connectivity index is 1.82. The van der Waals surface area contributed by atoms with E-state index in [4.69, 9.17) is 17.4 Å². The lowest BCUT2D eigenvalue weighted by Crippen LogP contribution is -2.31. The zero-order chi connectivity index (χ0) is 22.1. The zero-order valence-electron chi connectivity index (χ0n) is 15.7. The molecule has 0 unspecified atom stereocenters. The molecule has 0 aliphatic heterocycles. The highest BCUT2D eigenvalue weighted by molar-refractivity contribution is 9.11. The fourth-order valence-corrected chi connectivity index (χ4v) is 4.50. The number of nitrogens with two attached hydrogens (primary N) is 1. The first-order valence-electron chi connectivity index (χ1n) is 8.93. The molecule has 0 atom stereocenters. The fourth-order valence-electron chi connectivity index (χ4n) is 3.20. The summed E-state index contributed by atoms with van der Waals surface area (Å²) < 4.78 is 2.79. The number of carbonyl (C=O) groups excluding carboxylic acids is 2. The Hall–Kier alpha value is -2.72. The van der Waals surface area contributed by atoms with Crippen LogP contribution >= 0.6 is 43.5 Å². The third-order valence-corrected chi connectivity index (χ3v) is 6.14. The van der Waals surface area contributed by atoms with Gasteiger partial charge in [0.15, 0.2) is 5.82 Å². The number of nitrogens with zero attached hydrogens (tertiary/aromatic N) is 2. The quantitative estimate of drug-likeness (QED) is 0.184. The van der Waals surface area contributed by atoms with Crippen LogP contribution in [0.3, 0.4) is 0 Å². The average molecular weight is 564 g/mol. The summed E-state index contributed by atoms with van der Waals surface area (Å²) in [5, 5.41) is 4.86. The van der Waals surface area contributed by atoms with Gasteiger partial charge in [-0.15, -0.1) is 0 Å². The molecule has 10 heteroatoms. The molecule has 2 amide bonds. The molecule has 0 radical (unpaired) electrons. The molecule has 0 saturated carbocycles. The molecular formula is C21H14Br2ClN5O2. The van der Waals surface area contributed by atoms with Crippen molar-refractivity contribution in [2.45, 2.75) is 0 Å². The van der Waals surface area contributed by atoms with E-state index in [-0.39, 0.29) is 11.3 Å². The second-order valence-corrected chi connectivity index (χ2v) is 8.60. The molecule has 0 aliphatic rings. The highest BCUT2D eigenvalue weighted by Crippen LogP contribution is 2.35. The molecule has 4 aromatic rings. The Morgan fingerprint density at radius 3 is 2.58 bits per heavy atom. The lowest BCUT2D eigenvalue weighted by molar-refractivity contribution is 0.0954. The predicted octanol–water partition coefficient (Wildman–Crippen LogP) is 5.06. The van der Waals surface area contributed by atoms with E-state index in [1.165, 1.54) is 0 Å². The van der Waals surface area contributed by atoms with Gasteiger partial charge in [0.05, 0.1) is 16.3 Å². The van der Waals surface area contributed by atoms with Crippen molar-refractivity contribution < 1.29 is 9.59 Å². The van der Waals surface area contributed by atoms with E-state index in [2.05, 4.69) is 47.6 Å². The number of nitrogen functional groups attached to an aromatic ring is 1. The van der Waals surface area contributed by atoms with Crippen molar-refractivity contribution in [2.75, 3.05) is 5.32 Å². The van der Waals surface area contributed by atoms with Crippen LogP contribution < -0.4 is 16.6 Å². The number of hydrogen-bond acceptors (Lipinski definition) is 4. The standard InChI is InChI=1S/C21H14Br2ClN5O2/c22-12-9-16(29(10-12)19-15(24)6-3-7-26-19)21(31)27-18-14(20(30)28-25)8-11-4-1-2-5-13(11)17(18)23/h1-10H,25H2,(H,27,31)(H,28,30). The van der Waals surface area contributed by atoms with E-state index >= 15 is 0 Å². The first-order valence-corrected chi connectivity index (χ1v) is 10.9. The maximum atomic E-state index is 13.3. The minimum Gasteiger partial charge on any atom is -0.319 e. The molecule has 7 nitrogen and oxygen atoms in total. The van der Waals surface area contributed by atoms with Crippen molar-refractivity contribution in [3.8, 4) is 5.82 Å². The highest BCUT2D eigenvalue weighted by Gasteiger charge is 2.22. The van der Waals surface area contributed by atoms with Gasteiger partial charge in [-0.25, -0.2) is 10.8 Å². The summed E-state index contributed by atoms with van der Waals surface area (Å²) >= 11 is 13.2. The van der Waals surface area contributed by atoms with Gasteiger partial charge in [-0.1, -0.05) is 35.9 Å². The van der Waals surface area contributed by atoms with Gasteiger partial charge in [0, 0.05) is 21.3 Å². The number of anilines is 1. The number of pyridine rings is 1. The Morgan fingerprint density at radius 1 is 1.06 bits per heavy atom. The Kier molecular flexibility index (Phi) is 6.10. The number of carbonyl (C=O) groups is 2. The molecule has 0 aliphatic carbocycles. The third-order valence-electron chi connectivity index (χ3n) is 4.59. The largest absolute Gasteiger partial charge is 0.319 e. The number of aromatic nitrogens is 2. The molecule has 4 N–H and O–H groups in total. The number of fused-ring (bicyclic) bond motifs is 1. The molecule has 0 fully saturated rings. The van der Waals surface area contributed by atoms with Crippen LogP contribution in [0.2, 0.25) is 5.02 Å². The Morgan fingerprint density at radius 2 is 1.84 bits per heavy atom. The number of rotatable bonds is 4. The second kappa shape index (κ2) is 8.80. The molecule has 31 heavy (non-hydrogen) atoms. The number of amides is 2. The number of nitrogens with one attached hydrogen (secondary N) is 2. The maximum absolute atomic E-state index is 13.3. The molecule has 0 spiro atoms. The molecule has 2 aromatic heterocycles. The van der Waals surface area contributed by atoms with Crippen molar-refractivity contribution in [3.05, 3.63) is 86.2 Å². The maximum Gasteiger partial charge on any atom is 0.272 e. The van der Waals surface area contributed by atoms with Gasteiger partial charge in [-0.05, 0) is 66.9 Å². The molecule has 0 bridgehead atoms. The monoisotopic (exact) mass is 561 g/mol. The van der Waals surface area contributed by atoms with Gasteiger partial charge in [0.1, 0.15) is 5.69 Å². The Labute approximate surface area is 198 Å². The number of hydrogen-bond donors (Lipinski definition) is 3. The van der Waals surface area contributed by atoms with Gasteiger partial charge in [0.25, 0.3) is 11.8 Å². The van der Waals surface area contributed by atoms with E-state index in [0.29, 0.717) is 25.5 Å². The van der Waals surface area contributed by atoms with Crippen molar-refractivity contribution >= 4 is 71.7 Å². The lowest BCUT2D eigenvalue weighted by atomic mass is 10.0. The lowest BCUT2D eigenvalue weighted by Gasteiger charge is -2.16. The number of benzene rings is 2. The molecule has 4 rings (SSSR count). The van der Waals surface area contributed by atoms with E-state index in [9.17, 15) is 9.59 Å². The van der Waals surface area contributed by atoms with Crippen LogP contribution in [0, 0.1) is 0 Å². The third kappa shape index (κ3) is 4.09. The summed E-state index contributed by atoms with van der Waals surface area (Å²) in [7, 11) is 0. The van der Waals surface area contributed by atoms with Crippen molar-refractivity contribution in [1.29, 1.82) is 0 Å². The number of halogens is 3. The van der Waals surface area contributed by atoms with Gasteiger partial charge < -0.3 is 5.32 Å². The van der Waals surface area contributed by atoms with Crippen LogP contribution in [0.25, 0.3) is 16.6 Å². The molecular weight excluding hydrogens is 550 g/mol. The minimum atomic E-state index is -0.536. The van der Waals surface area contributed by atoms with E-state index in [0.717, 1.165) is 10.8 Å². The summed E-state index contributed by atoms with van der Waals surface area (Å²) in [6.45, 7) is 0. The summed E-state index contributed by atoms with van der Waals surface area (Å²) in [6, 6.07) is 14.2.